The van der Waals surface area contributed by atoms with Crippen LogP contribution in [-0.4, -0.2) is 153 Å². The van der Waals surface area contributed by atoms with Crippen LogP contribution in [0.15, 0.2) is 98.1 Å². The largest absolute Gasteiger partial charge is 0.341 e. The summed E-state index contributed by atoms with van der Waals surface area (Å²) in [5.74, 6) is 9.46. The van der Waals surface area contributed by atoms with E-state index in [2.05, 4.69) is 188 Å². The summed E-state index contributed by atoms with van der Waals surface area (Å²) in [5.41, 5.74) is 31.6. The fraction of sp³-hybridized carbons (Fsp3) is 0.265. The Morgan fingerprint density at radius 3 is 0.952 bits per heavy atom. The van der Waals surface area contributed by atoms with Crippen molar-refractivity contribution in [1.82, 2.24) is 120 Å². The predicted molar refractivity (Wildman–Crippen MR) is 417 cm³/mol. The second kappa shape index (κ2) is 36.3. The van der Waals surface area contributed by atoms with Gasteiger partial charge in [0.05, 0.1) is 49.9 Å². The fourth-order valence-corrected chi connectivity index (χ4v) is 12.3. The molecule has 0 aliphatic rings. The molecule has 0 fully saturated rings. The monoisotopic (exact) mass is 1610 g/mol. The molecular weight excluding hydrogens is 1530 g/mol. The smallest absolute Gasteiger partial charge is 0.269 e. The molecule has 16 rings (SSSR count). The molecule has 0 atom stereocenters. The molecule has 16 aromatic rings. The van der Waals surface area contributed by atoms with Gasteiger partial charge in [0.15, 0.2) is 45.2 Å². The van der Waals surface area contributed by atoms with Gasteiger partial charge < -0.3 is 51.3 Å². The average molecular weight is 1610 g/mol. The van der Waals surface area contributed by atoms with E-state index in [4.69, 9.17) is 27.6 Å². The Balaban J connectivity index is 0.000000139. The van der Waals surface area contributed by atoms with Gasteiger partial charge in [-0.05, 0) is 168 Å². The molecule has 0 aliphatic heterocycles. The number of H-pyrrole nitrogens is 8. The highest BCUT2D eigenvalue weighted by Crippen LogP contribution is 2.19. The van der Waals surface area contributed by atoms with Crippen molar-refractivity contribution in [3.63, 3.8) is 0 Å². The van der Waals surface area contributed by atoms with Gasteiger partial charge in [0.1, 0.15) is 52.3 Å². The normalized spacial score (nSPS) is 11.1. The number of fused-ring (bicyclic) bond motifs is 8. The van der Waals surface area contributed by atoms with Gasteiger partial charge in [-0.1, -0.05) is 31.9 Å². The summed E-state index contributed by atoms with van der Waals surface area (Å²) in [6.07, 6.45) is 21.4. The van der Waals surface area contributed by atoms with E-state index >= 15 is 0 Å². The summed E-state index contributed by atoms with van der Waals surface area (Å²) in [6.45, 7) is 16.3. The van der Waals surface area contributed by atoms with E-state index in [-0.39, 0.29) is 5.75 Å². The number of primary sulfonamides is 1. The van der Waals surface area contributed by atoms with Crippen LogP contribution in [0.3, 0.4) is 0 Å². The third-order valence-corrected chi connectivity index (χ3v) is 17.4. The van der Waals surface area contributed by atoms with Crippen LogP contribution in [0, 0.1) is 67.7 Å². The molecule has 0 aliphatic carbocycles. The van der Waals surface area contributed by atoms with E-state index in [0.717, 1.165) is 159 Å². The van der Waals surface area contributed by atoms with Crippen LogP contribution in [0.5, 0.6) is 0 Å². The second-order valence-corrected chi connectivity index (χ2v) is 28.4. The van der Waals surface area contributed by atoms with Crippen LogP contribution < -0.4 is 16.6 Å². The molecule has 546 valence electrons. The van der Waals surface area contributed by atoms with Crippen LogP contribution in [-0.2, 0) is 68.5 Å². The lowest BCUT2D eigenvalue weighted by Gasteiger charge is -1.97. The van der Waals surface area contributed by atoms with E-state index in [1.807, 2.05) is 78.3 Å². The number of aryl methyl sites for hydroxylation is 9. The lowest BCUT2D eigenvalue weighted by molar-refractivity contribution is 0.482. The number of nitrogens with zero attached hydrogens (tertiary/aromatic N) is 16. The molecule has 0 saturated heterocycles. The number of hydrogen-bond donors (Lipinski definition) is 13. The topological polar surface area (TPSA) is 499 Å². The molecule has 0 unspecified atom stereocenters. The Bertz CT molecular complexity index is 5520. The zero-order valence-electron chi connectivity index (χ0n) is 58.4. The standard InChI is InChI=1S/C10H9N3.C9H10BrN3.C9H12N4.C8H8BrN3.C8H10N4O2S.C8H10N4.C8H9N3O3S.C8H9N3S/c1-3-4-8-5-9-10(11-6-8)13-7(2)12-9;2*1-6-12-8-4-7(2-3-10)5-11-9(8)13-6;1-5-11-7-2-6(3-9)4-10-8(7)12-5;1-5-11-7-2-6(4-15(9,13)14)3-10-8(7)12-5;1-5-11-7-2-6(3-9)4-10-8(7)12-5;1-5-10-7-2-6(4-15(12,13)14)3-9-8(7)11-5;1-5-10-7-2-6(4-12)3-9-8(7)11-5/h1,5-6H,4H2,2H3,(H,11,12,13);4-5H,2-3H2,1H3,(H,11,12,13);4-5H,2-3,10H2,1H3,(H,11,12,13);2,4H,3H2,1H3,(H,10,11,12);2-3H,4H2,1H3,(H2,9,13,14)(H,10,11,12);2,4H,3,9H2,1H3,(H,10,11,12);2-3H,4H2,1H3,(H,9,10,11)(H,12,13,14);2-3,12H,4H2,1H3,(H,9,10,11). The summed E-state index contributed by atoms with van der Waals surface area (Å²) in [5, 5.41) is 6.73. The molecule has 0 radical (unpaired) electrons. The van der Waals surface area contributed by atoms with Crippen molar-refractivity contribution in [3.8, 4) is 12.3 Å². The first-order valence-corrected chi connectivity index (χ1v) is 38.4. The van der Waals surface area contributed by atoms with Crippen molar-refractivity contribution in [2.75, 3.05) is 11.9 Å². The number of sulfonamides is 1. The van der Waals surface area contributed by atoms with E-state index in [0.29, 0.717) is 64.5 Å². The number of terminal acetylenes is 1. The van der Waals surface area contributed by atoms with Gasteiger partial charge >= 0.3 is 0 Å². The predicted octanol–water partition coefficient (Wildman–Crippen LogP) is 9.70. The number of hydrogen-bond acceptors (Lipinski definition) is 23. The first-order chi connectivity index (χ1) is 50.1. The molecular formula is C68H77Br2N27O5S3. The highest BCUT2D eigenvalue weighted by Gasteiger charge is 2.12. The van der Waals surface area contributed by atoms with Crippen molar-refractivity contribution in [1.29, 1.82) is 0 Å². The SMILES string of the molecule is C#CCc1cnc2nc(C)[nH]c2c1.Cc1nc2ncc(CBr)cc2[nH]1.Cc1nc2ncc(CCBr)cc2[nH]1.Cc1nc2ncc(CCN)cc2[nH]1.Cc1nc2ncc(CN)cc2[nH]1.Cc1nc2ncc(CS(=O)(=O)O)cc2[nH]1.Cc1nc2ncc(CS(N)(=O)=O)cc2[nH]1.Cc1nc2ncc(CS)cc2[nH]1. The number of rotatable bonds is 12. The highest BCUT2D eigenvalue weighted by molar-refractivity contribution is 9.09. The zero-order chi connectivity index (χ0) is 75.5. The fourth-order valence-electron chi connectivity index (χ4n) is 10.1. The molecule has 0 amide bonds. The molecule has 0 saturated carbocycles. The number of aromatic nitrogens is 24. The number of thiol groups is 1. The van der Waals surface area contributed by atoms with Crippen molar-refractivity contribution in [3.05, 3.63) is 189 Å². The summed E-state index contributed by atoms with van der Waals surface area (Å²) in [6, 6.07) is 15.5. The molecule has 16 heterocycles. The summed E-state index contributed by atoms with van der Waals surface area (Å²) < 4.78 is 51.7. The number of imidazole rings is 8. The number of aromatic amines is 8. The molecule has 16 aromatic heterocycles. The van der Waals surface area contributed by atoms with Crippen LogP contribution >= 0.6 is 44.5 Å². The van der Waals surface area contributed by atoms with Crippen LogP contribution in [0.25, 0.3) is 89.3 Å². The van der Waals surface area contributed by atoms with E-state index in [9.17, 15) is 16.8 Å². The van der Waals surface area contributed by atoms with Gasteiger partial charge in [-0.25, -0.2) is 93.3 Å². The van der Waals surface area contributed by atoms with Crippen LogP contribution in [0.2, 0.25) is 0 Å². The van der Waals surface area contributed by atoms with Crippen molar-refractivity contribution in [2.24, 2.45) is 16.6 Å². The van der Waals surface area contributed by atoms with E-state index < -0.39 is 25.9 Å². The van der Waals surface area contributed by atoms with Gasteiger partial charge in [-0.15, -0.1) is 12.3 Å². The lowest BCUT2D eigenvalue weighted by atomic mass is 10.2. The Hall–Kier alpha value is -10.4. The van der Waals surface area contributed by atoms with Gasteiger partial charge in [-0.2, -0.15) is 21.0 Å². The molecule has 105 heavy (non-hydrogen) atoms. The third kappa shape index (κ3) is 23.5. The Kier molecular flexibility index (Phi) is 27.2. The summed E-state index contributed by atoms with van der Waals surface area (Å²) in [7, 11) is -7.53. The van der Waals surface area contributed by atoms with Gasteiger partial charge in [-0.3, -0.25) is 4.55 Å². The molecule has 0 aromatic carbocycles. The van der Waals surface area contributed by atoms with E-state index in [1.165, 1.54) is 18.0 Å². The molecule has 15 N–H and O–H groups in total. The van der Waals surface area contributed by atoms with Gasteiger partial charge in [0, 0.05) is 79.0 Å². The quantitative estimate of drug-likeness (QED) is 0.0234. The molecule has 32 nitrogen and oxygen atoms in total. The van der Waals surface area contributed by atoms with Crippen molar-refractivity contribution < 1.29 is 21.4 Å². The van der Waals surface area contributed by atoms with Crippen molar-refractivity contribution >= 4 is 154 Å². The maximum Gasteiger partial charge on any atom is 0.269 e. The number of pyridine rings is 8. The highest BCUT2D eigenvalue weighted by atomic mass is 79.9. The number of alkyl halides is 2. The molecule has 0 spiro atoms. The van der Waals surface area contributed by atoms with Crippen LogP contribution in [0.1, 0.15) is 91.1 Å². The minimum Gasteiger partial charge on any atom is -0.341 e. The van der Waals surface area contributed by atoms with Crippen molar-refractivity contribution in [2.45, 2.75) is 104 Å². The maximum atomic E-state index is 10.9. The Labute approximate surface area is 624 Å². The minimum atomic E-state index is -4.01. The first-order valence-electron chi connectivity index (χ1n) is 32.2. The van der Waals surface area contributed by atoms with Crippen LogP contribution in [0.4, 0.5) is 0 Å². The maximum absolute atomic E-state index is 10.9. The molecule has 0 bridgehead atoms. The Morgan fingerprint density at radius 2 is 0.657 bits per heavy atom. The first kappa shape index (κ1) is 78.7. The van der Waals surface area contributed by atoms with Gasteiger partial charge in [0.25, 0.3) is 10.1 Å². The minimum absolute atomic E-state index is 0.214. The molecule has 37 heteroatoms. The summed E-state index contributed by atoms with van der Waals surface area (Å²) in [4.78, 5) is 91.3. The average Bonchev–Trinajstić information content (AvgIpc) is 1.79. The van der Waals surface area contributed by atoms with Gasteiger partial charge in [0.2, 0.25) is 10.0 Å². The second-order valence-electron chi connectivity index (χ2n) is 23.7. The summed E-state index contributed by atoms with van der Waals surface area (Å²) >= 11 is 10.9. The Morgan fingerprint density at radius 1 is 0.400 bits per heavy atom. The third-order valence-electron chi connectivity index (χ3n) is 14.5. The number of halogens is 2. The number of nitrogens with one attached hydrogen (secondary N) is 8. The van der Waals surface area contributed by atoms with E-state index in [1.54, 1.807) is 44.6 Å². The number of nitrogens with two attached hydrogens (primary N) is 3. The lowest BCUT2D eigenvalue weighted by Crippen LogP contribution is -2.14. The zero-order valence-corrected chi connectivity index (χ0v) is 64.1.